The lowest BCUT2D eigenvalue weighted by Gasteiger charge is -2.33. The Labute approximate surface area is 118 Å². The quantitative estimate of drug-likeness (QED) is 0.488. The highest BCUT2D eigenvalue weighted by molar-refractivity contribution is 5.87. The molecule has 1 atom stereocenters. The molecule has 0 bridgehead atoms. The van der Waals surface area contributed by atoms with Gasteiger partial charge >= 0.3 is 5.97 Å². The van der Waals surface area contributed by atoms with Crippen molar-refractivity contribution in [1.82, 2.24) is 0 Å². The fraction of sp³-hybridized carbons (Fsp3) is 0.812. The number of carbonyl (C=O) groups is 1. The molecule has 0 spiro atoms. The highest BCUT2D eigenvalue weighted by atomic mass is 16.6. The fourth-order valence-electron chi connectivity index (χ4n) is 2.32. The van der Waals surface area contributed by atoms with Crippen molar-refractivity contribution in [3.8, 4) is 0 Å². The third-order valence-electron chi connectivity index (χ3n) is 2.87. The number of esters is 1. The first-order valence-electron chi connectivity index (χ1n) is 7.06. The summed E-state index contributed by atoms with van der Waals surface area (Å²) in [7, 11) is 0. The SMILES string of the molecule is C=C(C)C(=O)OC(C)(C)CC(C)OC(C)(C)CCC. The van der Waals surface area contributed by atoms with Crippen LogP contribution in [0.5, 0.6) is 0 Å². The predicted octanol–water partition coefficient (Wildman–Crippen LogP) is 4.26. The third-order valence-corrected chi connectivity index (χ3v) is 2.87. The summed E-state index contributed by atoms with van der Waals surface area (Å²) >= 11 is 0. The maximum absolute atomic E-state index is 11.6. The van der Waals surface area contributed by atoms with Gasteiger partial charge in [-0.2, -0.15) is 0 Å². The molecule has 3 heteroatoms. The summed E-state index contributed by atoms with van der Waals surface area (Å²) in [6.45, 7) is 17.4. The van der Waals surface area contributed by atoms with Crippen LogP contribution < -0.4 is 0 Å². The molecule has 0 aliphatic carbocycles. The van der Waals surface area contributed by atoms with E-state index in [1.165, 1.54) is 0 Å². The molecule has 0 radical (unpaired) electrons. The van der Waals surface area contributed by atoms with Gasteiger partial charge in [-0.15, -0.1) is 0 Å². The molecule has 0 rings (SSSR count). The molecule has 0 aromatic rings. The summed E-state index contributed by atoms with van der Waals surface area (Å²) in [5, 5.41) is 0. The molecule has 1 unspecified atom stereocenters. The number of rotatable bonds is 8. The summed E-state index contributed by atoms with van der Waals surface area (Å²) < 4.78 is 11.5. The van der Waals surface area contributed by atoms with Crippen LogP contribution in [0.2, 0.25) is 0 Å². The Bertz CT molecular complexity index is 316. The van der Waals surface area contributed by atoms with E-state index in [9.17, 15) is 4.79 Å². The molecule has 0 saturated carbocycles. The maximum atomic E-state index is 11.6. The standard InChI is InChI=1S/C16H30O3/c1-9-10-15(5,6)18-13(4)11-16(7,8)19-14(17)12(2)3/h13H,2,9-11H2,1,3-8H3. The summed E-state index contributed by atoms with van der Waals surface area (Å²) in [4.78, 5) is 11.6. The topological polar surface area (TPSA) is 35.5 Å². The van der Waals surface area contributed by atoms with Crippen molar-refractivity contribution < 1.29 is 14.3 Å². The van der Waals surface area contributed by atoms with Gasteiger partial charge in [0.15, 0.2) is 0 Å². The third kappa shape index (κ3) is 8.04. The second-order valence-corrected chi connectivity index (χ2v) is 6.57. The van der Waals surface area contributed by atoms with Crippen molar-refractivity contribution in [1.29, 1.82) is 0 Å². The lowest BCUT2D eigenvalue weighted by molar-refractivity contribution is -0.157. The smallest absolute Gasteiger partial charge is 0.333 e. The van der Waals surface area contributed by atoms with Gasteiger partial charge in [0.05, 0.1) is 11.7 Å². The van der Waals surface area contributed by atoms with Gasteiger partial charge in [0.25, 0.3) is 0 Å². The molecule has 0 saturated heterocycles. The van der Waals surface area contributed by atoms with Crippen LogP contribution in [0.3, 0.4) is 0 Å². The Balaban J connectivity index is 4.41. The van der Waals surface area contributed by atoms with E-state index in [0.717, 1.165) is 12.8 Å². The largest absolute Gasteiger partial charge is 0.456 e. The van der Waals surface area contributed by atoms with Crippen molar-refractivity contribution in [3.05, 3.63) is 12.2 Å². The van der Waals surface area contributed by atoms with Gasteiger partial charge in [0.2, 0.25) is 0 Å². The van der Waals surface area contributed by atoms with Gasteiger partial charge in [-0.3, -0.25) is 0 Å². The first-order valence-corrected chi connectivity index (χ1v) is 7.06. The monoisotopic (exact) mass is 270 g/mol. The van der Waals surface area contributed by atoms with Crippen LogP contribution in [-0.2, 0) is 14.3 Å². The van der Waals surface area contributed by atoms with Crippen molar-refractivity contribution in [2.45, 2.75) is 85.0 Å². The molecule has 0 aromatic carbocycles. The first-order chi connectivity index (χ1) is 8.49. The maximum Gasteiger partial charge on any atom is 0.333 e. The summed E-state index contributed by atoms with van der Waals surface area (Å²) in [5.74, 6) is -0.343. The Kier molecular flexibility index (Phi) is 6.78. The Hall–Kier alpha value is -0.830. The van der Waals surface area contributed by atoms with Crippen molar-refractivity contribution in [2.24, 2.45) is 0 Å². The number of ether oxygens (including phenoxy) is 2. The Morgan fingerprint density at radius 2 is 1.74 bits per heavy atom. The molecule has 0 N–H and O–H groups in total. The van der Waals surface area contributed by atoms with Gasteiger partial charge in [-0.05, 0) is 48.0 Å². The van der Waals surface area contributed by atoms with Gasteiger partial charge in [0, 0.05) is 12.0 Å². The summed E-state index contributed by atoms with van der Waals surface area (Å²) in [6, 6.07) is 0. The van der Waals surface area contributed by atoms with Gasteiger partial charge in [-0.1, -0.05) is 19.9 Å². The van der Waals surface area contributed by atoms with E-state index >= 15 is 0 Å². The fourth-order valence-corrected chi connectivity index (χ4v) is 2.32. The van der Waals surface area contributed by atoms with E-state index in [2.05, 4.69) is 27.4 Å². The van der Waals surface area contributed by atoms with Crippen LogP contribution in [-0.4, -0.2) is 23.3 Å². The minimum atomic E-state index is -0.544. The van der Waals surface area contributed by atoms with E-state index in [1.807, 2.05) is 20.8 Å². The highest BCUT2D eigenvalue weighted by Gasteiger charge is 2.29. The van der Waals surface area contributed by atoms with Crippen LogP contribution >= 0.6 is 0 Å². The molecule has 0 amide bonds. The lowest BCUT2D eigenvalue weighted by Crippen LogP contribution is -2.36. The van der Waals surface area contributed by atoms with Crippen molar-refractivity contribution in [2.75, 3.05) is 0 Å². The normalized spacial score (nSPS) is 14.1. The minimum absolute atomic E-state index is 0.0365. The summed E-state index contributed by atoms with van der Waals surface area (Å²) in [6.07, 6.45) is 2.81. The second-order valence-electron chi connectivity index (χ2n) is 6.57. The van der Waals surface area contributed by atoms with Gasteiger partial charge < -0.3 is 9.47 Å². The van der Waals surface area contributed by atoms with E-state index in [-0.39, 0.29) is 17.7 Å². The average molecular weight is 270 g/mol. The van der Waals surface area contributed by atoms with Gasteiger partial charge in [0.1, 0.15) is 5.60 Å². The number of carbonyl (C=O) groups excluding carboxylic acids is 1. The van der Waals surface area contributed by atoms with E-state index in [0.29, 0.717) is 12.0 Å². The molecule has 0 aliphatic heterocycles. The Morgan fingerprint density at radius 1 is 1.21 bits per heavy atom. The molecule has 0 heterocycles. The van der Waals surface area contributed by atoms with Crippen LogP contribution in [0, 0.1) is 0 Å². The van der Waals surface area contributed by atoms with Crippen LogP contribution in [0.25, 0.3) is 0 Å². The lowest BCUT2D eigenvalue weighted by atomic mass is 9.99. The van der Waals surface area contributed by atoms with Gasteiger partial charge in [-0.25, -0.2) is 4.79 Å². The number of hydrogen-bond donors (Lipinski definition) is 0. The molecular weight excluding hydrogens is 240 g/mol. The zero-order valence-corrected chi connectivity index (χ0v) is 13.6. The minimum Gasteiger partial charge on any atom is -0.456 e. The molecule has 0 aromatic heterocycles. The van der Waals surface area contributed by atoms with Crippen molar-refractivity contribution in [3.63, 3.8) is 0 Å². The highest BCUT2D eigenvalue weighted by Crippen LogP contribution is 2.25. The molecule has 19 heavy (non-hydrogen) atoms. The molecule has 0 aliphatic rings. The number of hydrogen-bond acceptors (Lipinski definition) is 3. The molecular formula is C16H30O3. The first kappa shape index (κ1) is 18.2. The second kappa shape index (κ2) is 7.09. The van der Waals surface area contributed by atoms with Crippen molar-refractivity contribution >= 4 is 5.97 Å². The molecule has 112 valence electrons. The molecule has 3 nitrogen and oxygen atoms in total. The zero-order valence-electron chi connectivity index (χ0n) is 13.6. The van der Waals surface area contributed by atoms with E-state index in [4.69, 9.17) is 9.47 Å². The van der Waals surface area contributed by atoms with E-state index < -0.39 is 5.60 Å². The van der Waals surface area contributed by atoms with Crippen LogP contribution in [0.4, 0.5) is 0 Å². The predicted molar refractivity (Wildman–Crippen MR) is 79.1 cm³/mol. The zero-order chi connectivity index (χ0) is 15.3. The van der Waals surface area contributed by atoms with Crippen LogP contribution in [0.1, 0.15) is 67.7 Å². The Morgan fingerprint density at radius 3 is 2.16 bits per heavy atom. The molecule has 0 fully saturated rings. The van der Waals surface area contributed by atoms with E-state index in [1.54, 1.807) is 6.92 Å². The van der Waals surface area contributed by atoms with Crippen LogP contribution in [0.15, 0.2) is 12.2 Å². The summed E-state index contributed by atoms with van der Waals surface area (Å²) in [5.41, 5.74) is -0.256. The average Bonchev–Trinajstić information content (AvgIpc) is 2.13.